The van der Waals surface area contributed by atoms with Crippen molar-refractivity contribution < 1.29 is 17.9 Å². The van der Waals surface area contributed by atoms with Crippen LogP contribution >= 0.6 is 0 Å². The lowest BCUT2D eigenvalue weighted by Gasteiger charge is -2.48. The number of ether oxygens (including phenoxy) is 1. The zero-order valence-electron chi connectivity index (χ0n) is 26.3. The van der Waals surface area contributed by atoms with Crippen LogP contribution in [0.1, 0.15) is 50.2 Å². The molecule has 0 spiro atoms. The van der Waals surface area contributed by atoms with Gasteiger partial charge in [-0.05, 0) is 100.0 Å². The summed E-state index contributed by atoms with van der Waals surface area (Å²) in [5, 5.41) is 11.0. The summed E-state index contributed by atoms with van der Waals surface area (Å²) < 4.78 is 31.7. The highest BCUT2D eigenvalue weighted by molar-refractivity contribution is 7.91. The molecule has 2 saturated heterocycles. The van der Waals surface area contributed by atoms with Crippen LogP contribution in [-0.4, -0.2) is 58.1 Å². The van der Waals surface area contributed by atoms with E-state index in [-0.39, 0.29) is 23.9 Å². The molecule has 7 nitrogen and oxygen atoms in total. The van der Waals surface area contributed by atoms with E-state index in [0.29, 0.717) is 15.7 Å². The summed E-state index contributed by atoms with van der Waals surface area (Å²) in [6.07, 6.45) is 4.37. The van der Waals surface area contributed by atoms with Gasteiger partial charge in [0.1, 0.15) is 6.10 Å². The quantitative estimate of drug-likeness (QED) is 0.263. The second-order valence-electron chi connectivity index (χ2n) is 13.2. The molecule has 3 aromatic rings. The number of piperidine rings is 1. The largest absolute Gasteiger partial charge is 0.462 e. The third-order valence-electron chi connectivity index (χ3n) is 10.3. The Hall–Kier alpha value is -3.67. The standard InChI is InChI=1S/C37H43N3O4S/c1-27-8-6-9-31(22-27)37(26-38,35-12-7-13-36(35)44-28(2)41)30-18-20-39(21-19-30)23-29-24-40(25-29)32-14-16-34(17-15-32)45(42,43)33-10-4-3-5-11-33/h3-6,8-11,14-17,22,29-30,35-36H,7,12-13,18-21,23-25H2,1-2H3/t35-,36-,37?/m1/s1. The predicted octanol–water partition coefficient (Wildman–Crippen LogP) is 6.17. The van der Waals surface area contributed by atoms with Gasteiger partial charge in [-0.3, -0.25) is 4.79 Å². The van der Waals surface area contributed by atoms with Crippen LogP contribution in [0, 0.1) is 36.0 Å². The van der Waals surface area contributed by atoms with E-state index in [1.165, 1.54) is 6.92 Å². The van der Waals surface area contributed by atoms with E-state index in [0.717, 1.165) is 81.6 Å². The number of likely N-dealkylation sites (tertiary alicyclic amines) is 1. The van der Waals surface area contributed by atoms with Gasteiger partial charge in [-0.25, -0.2) is 8.42 Å². The molecule has 8 heteroatoms. The van der Waals surface area contributed by atoms with Crippen molar-refractivity contribution in [2.45, 2.75) is 67.3 Å². The lowest BCUT2D eigenvalue weighted by molar-refractivity contribution is -0.149. The first-order chi connectivity index (χ1) is 21.7. The van der Waals surface area contributed by atoms with Crippen LogP contribution in [-0.2, 0) is 24.8 Å². The Labute approximate surface area is 267 Å². The number of hydrogen-bond donors (Lipinski definition) is 0. The van der Waals surface area contributed by atoms with E-state index in [1.807, 2.05) is 18.2 Å². The van der Waals surface area contributed by atoms with Crippen molar-refractivity contribution in [1.82, 2.24) is 4.90 Å². The van der Waals surface area contributed by atoms with Crippen LogP contribution in [0.15, 0.2) is 88.7 Å². The Morgan fingerprint density at radius 2 is 1.62 bits per heavy atom. The van der Waals surface area contributed by atoms with Crippen LogP contribution in [0.5, 0.6) is 0 Å². The molecule has 3 aliphatic rings. The Morgan fingerprint density at radius 1 is 0.933 bits per heavy atom. The summed E-state index contributed by atoms with van der Waals surface area (Å²) in [7, 11) is -3.52. The third-order valence-corrected chi connectivity index (χ3v) is 12.1. The second kappa shape index (κ2) is 13.0. The zero-order valence-corrected chi connectivity index (χ0v) is 27.1. The summed E-state index contributed by atoms with van der Waals surface area (Å²) in [6.45, 7) is 8.37. The molecule has 1 saturated carbocycles. The van der Waals surface area contributed by atoms with Gasteiger partial charge in [0.25, 0.3) is 0 Å². The van der Waals surface area contributed by atoms with Crippen molar-refractivity contribution in [2.75, 3.05) is 37.6 Å². The van der Waals surface area contributed by atoms with E-state index in [1.54, 1.807) is 36.4 Å². The van der Waals surface area contributed by atoms with Crippen molar-refractivity contribution in [1.29, 1.82) is 5.26 Å². The Kier molecular flexibility index (Phi) is 9.03. The minimum absolute atomic E-state index is 0.000918. The first-order valence-electron chi connectivity index (χ1n) is 16.2. The van der Waals surface area contributed by atoms with Crippen molar-refractivity contribution in [3.8, 4) is 6.07 Å². The third kappa shape index (κ3) is 6.25. The van der Waals surface area contributed by atoms with Gasteiger partial charge in [0.15, 0.2) is 0 Å². The number of carbonyl (C=O) groups excluding carboxylic acids is 1. The van der Waals surface area contributed by atoms with Crippen LogP contribution in [0.3, 0.4) is 0 Å². The SMILES string of the molecule is CC(=O)O[C@@H]1CCC[C@H]1C(C#N)(c1cccc(C)c1)C1CCN(CC2CN(c3ccc(S(=O)(=O)c4ccccc4)cc3)C2)CC1. The maximum atomic E-state index is 12.9. The van der Waals surface area contributed by atoms with Crippen molar-refractivity contribution in [3.63, 3.8) is 0 Å². The molecule has 2 heterocycles. The molecule has 0 amide bonds. The highest BCUT2D eigenvalue weighted by Crippen LogP contribution is 2.51. The number of anilines is 1. The Morgan fingerprint density at radius 3 is 2.27 bits per heavy atom. The average Bonchev–Trinajstić information content (AvgIpc) is 3.48. The molecular formula is C37H43N3O4S. The summed E-state index contributed by atoms with van der Waals surface area (Å²) in [4.78, 5) is 17.5. The van der Waals surface area contributed by atoms with Gasteiger partial charge in [-0.2, -0.15) is 5.26 Å². The number of hydrogen-bond acceptors (Lipinski definition) is 7. The Balaban J connectivity index is 1.08. The first kappa shape index (κ1) is 31.3. The van der Waals surface area contributed by atoms with Crippen LogP contribution < -0.4 is 4.90 Å². The molecule has 236 valence electrons. The zero-order chi connectivity index (χ0) is 31.6. The molecule has 3 atom stereocenters. The molecule has 0 aromatic heterocycles. The first-order valence-corrected chi connectivity index (χ1v) is 17.7. The topological polar surface area (TPSA) is 90.7 Å². The fraction of sp³-hybridized carbons (Fsp3) is 0.459. The molecular weight excluding hydrogens is 582 g/mol. The summed E-state index contributed by atoms with van der Waals surface area (Å²) in [6, 6.07) is 27.1. The Bertz CT molecular complexity index is 1640. The van der Waals surface area contributed by atoms with E-state index in [4.69, 9.17) is 4.74 Å². The maximum absolute atomic E-state index is 12.9. The van der Waals surface area contributed by atoms with Gasteiger partial charge in [0.2, 0.25) is 9.84 Å². The molecule has 0 radical (unpaired) electrons. The summed E-state index contributed by atoms with van der Waals surface area (Å²) in [5.74, 6) is 0.486. The highest BCUT2D eigenvalue weighted by atomic mass is 32.2. The molecule has 3 fully saturated rings. The fourth-order valence-electron chi connectivity index (χ4n) is 8.10. The van der Waals surface area contributed by atoms with Gasteiger partial charge >= 0.3 is 5.97 Å². The molecule has 0 N–H and O–H groups in total. The number of benzene rings is 3. The minimum atomic E-state index is -3.52. The number of aryl methyl sites for hydroxylation is 1. The average molecular weight is 626 g/mol. The number of nitriles is 1. The van der Waals surface area contributed by atoms with Gasteiger partial charge in [-0.1, -0.05) is 48.0 Å². The number of rotatable bonds is 9. The van der Waals surface area contributed by atoms with Crippen molar-refractivity contribution >= 4 is 21.5 Å². The minimum Gasteiger partial charge on any atom is -0.462 e. The van der Waals surface area contributed by atoms with Crippen LogP contribution in [0.4, 0.5) is 5.69 Å². The van der Waals surface area contributed by atoms with Gasteiger partial charge in [-0.15, -0.1) is 0 Å². The van der Waals surface area contributed by atoms with Crippen LogP contribution in [0.2, 0.25) is 0 Å². The molecule has 2 aliphatic heterocycles. The predicted molar refractivity (Wildman–Crippen MR) is 175 cm³/mol. The van der Waals surface area contributed by atoms with E-state index >= 15 is 0 Å². The summed E-state index contributed by atoms with van der Waals surface area (Å²) >= 11 is 0. The smallest absolute Gasteiger partial charge is 0.302 e. The van der Waals surface area contributed by atoms with E-state index in [2.05, 4.69) is 47.1 Å². The lowest BCUT2D eigenvalue weighted by Crippen LogP contribution is -2.54. The lowest BCUT2D eigenvalue weighted by atomic mass is 9.59. The number of esters is 1. The van der Waals surface area contributed by atoms with Gasteiger partial charge < -0.3 is 14.5 Å². The fourth-order valence-corrected chi connectivity index (χ4v) is 9.38. The maximum Gasteiger partial charge on any atom is 0.302 e. The number of sulfone groups is 1. The van der Waals surface area contributed by atoms with Crippen molar-refractivity contribution in [2.24, 2.45) is 17.8 Å². The normalized spacial score (nSPS) is 22.7. The molecule has 1 unspecified atom stereocenters. The van der Waals surface area contributed by atoms with E-state index < -0.39 is 15.3 Å². The number of carbonyl (C=O) groups is 1. The second-order valence-corrected chi connectivity index (χ2v) is 15.1. The molecule has 3 aromatic carbocycles. The molecule has 45 heavy (non-hydrogen) atoms. The number of nitrogens with zero attached hydrogens (tertiary/aromatic N) is 3. The van der Waals surface area contributed by atoms with Crippen LogP contribution in [0.25, 0.3) is 0 Å². The van der Waals surface area contributed by atoms with E-state index in [9.17, 15) is 18.5 Å². The summed E-state index contributed by atoms with van der Waals surface area (Å²) in [5.41, 5.74) is 2.59. The highest BCUT2D eigenvalue weighted by Gasteiger charge is 2.53. The molecule has 6 rings (SSSR count). The monoisotopic (exact) mass is 625 g/mol. The van der Waals surface area contributed by atoms with Crippen molar-refractivity contribution in [3.05, 3.63) is 90.0 Å². The van der Waals surface area contributed by atoms with Gasteiger partial charge in [0, 0.05) is 44.1 Å². The van der Waals surface area contributed by atoms with Gasteiger partial charge in [0.05, 0.1) is 21.3 Å². The molecule has 1 aliphatic carbocycles. The molecule has 0 bridgehead atoms.